The number of halogens is 1. The quantitative estimate of drug-likeness (QED) is 0.587. The molecule has 7 heteroatoms. The molecule has 2 aromatic carbocycles. The Morgan fingerprint density at radius 2 is 1.91 bits per heavy atom. The number of hydrogen-bond donors (Lipinski definition) is 0. The normalized spacial score (nSPS) is 12.2. The molecule has 0 bridgehead atoms. The number of hydrogen-bond acceptors (Lipinski definition) is 4. The third kappa shape index (κ3) is 3.86. The van der Waals surface area contributed by atoms with E-state index in [9.17, 15) is 13.5 Å². The highest BCUT2D eigenvalue weighted by atomic mass is 79.9. The molecule has 0 aliphatic heterocycles. The molecule has 0 aliphatic rings. The fourth-order valence-corrected chi connectivity index (χ4v) is 3.34. The Bertz CT molecular complexity index is 788. The highest BCUT2D eigenvalue weighted by Crippen LogP contribution is 2.29. The number of nitrogens with zero attached hydrogens (tertiary/aromatic N) is 1. The van der Waals surface area contributed by atoms with E-state index in [0.29, 0.717) is 11.1 Å². The lowest BCUT2D eigenvalue weighted by atomic mass is 10.2. The molecule has 0 saturated carbocycles. The van der Waals surface area contributed by atoms with Crippen LogP contribution >= 0.6 is 15.9 Å². The minimum Gasteiger partial charge on any atom is -0.858 e. The van der Waals surface area contributed by atoms with Gasteiger partial charge in [-0.3, -0.25) is 0 Å². The maximum Gasteiger partial charge on any atom is 0.285 e. The lowest BCUT2D eigenvalue weighted by Gasteiger charge is -2.13. The van der Waals surface area contributed by atoms with Crippen LogP contribution in [-0.4, -0.2) is 20.9 Å². The molecule has 0 N–H and O–H groups in total. The van der Waals surface area contributed by atoms with Gasteiger partial charge in [0.25, 0.3) is 10.0 Å². The van der Waals surface area contributed by atoms with E-state index in [4.69, 9.17) is 4.74 Å². The number of rotatable bonds is 5. The first-order valence-corrected chi connectivity index (χ1v) is 8.67. The first kappa shape index (κ1) is 16.5. The predicted molar refractivity (Wildman–Crippen MR) is 85.5 cm³/mol. The Kier molecular flexibility index (Phi) is 5.20. The monoisotopic (exact) mass is 382 g/mol. The molecule has 2 rings (SSSR count). The molecule has 0 aromatic heterocycles. The van der Waals surface area contributed by atoms with Gasteiger partial charge in [0.05, 0.1) is 6.61 Å². The summed E-state index contributed by atoms with van der Waals surface area (Å²) in [5.41, 5.74) is 0.207. The summed E-state index contributed by atoms with van der Waals surface area (Å²) in [4.78, 5) is -0.145. The van der Waals surface area contributed by atoms with Gasteiger partial charge in [0.1, 0.15) is 10.6 Å². The van der Waals surface area contributed by atoms with Gasteiger partial charge in [0.2, 0.25) is 0 Å². The van der Waals surface area contributed by atoms with Crippen LogP contribution in [0.3, 0.4) is 0 Å². The fraction of sp³-hybridized carbons (Fsp3) is 0.133. The average molecular weight is 383 g/mol. The van der Waals surface area contributed by atoms with Crippen molar-refractivity contribution in [1.29, 1.82) is 0 Å². The highest BCUT2D eigenvalue weighted by Gasteiger charge is 2.19. The van der Waals surface area contributed by atoms with Crippen LogP contribution in [0.25, 0.3) is 0 Å². The fourth-order valence-electron chi connectivity index (χ4n) is 1.75. The molecular formula is C15H13BrNO4S-. The van der Waals surface area contributed by atoms with Crippen molar-refractivity contribution < 1.29 is 18.3 Å². The molecule has 0 heterocycles. The predicted octanol–water partition coefficient (Wildman–Crippen LogP) is 2.34. The van der Waals surface area contributed by atoms with Crippen molar-refractivity contribution in [2.45, 2.75) is 11.8 Å². The summed E-state index contributed by atoms with van der Waals surface area (Å²) in [5, 5.41) is 12.0. The highest BCUT2D eigenvalue weighted by molar-refractivity contribution is 9.10. The largest absolute Gasteiger partial charge is 0.858 e. The first-order valence-electron chi connectivity index (χ1n) is 6.44. The zero-order valence-corrected chi connectivity index (χ0v) is 14.1. The summed E-state index contributed by atoms with van der Waals surface area (Å²) in [5.74, 6) is -0.654. The van der Waals surface area contributed by atoms with Gasteiger partial charge in [-0.15, -0.1) is 0 Å². The van der Waals surface area contributed by atoms with Gasteiger partial charge in [-0.2, -0.15) is 12.8 Å². The molecule has 0 amide bonds. The third-order valence-corrected chi connectivity index (χ3v) is 4.48. The van der Waals surface area contributed by atoms with E-state index in [1.807, 2.05) is 0 Å². The molecule has 0 fully saturated rings. The lowest BCUT2D eigenvalue weighted by molar-refractivity contribution is -0.212. The van der Waals surface area contributed by atoms with E-state index in [1.54, 1.807) is 31.2 Å². The van der Waals surface area contributed by atoms with Crippen molar-refractivity contribution in [3.63, 3.8) is 0 Å². The summed E-state index contributed by atoms with van der Waals surface area (Å²) < 4.78 is 34.0. The molecule has 2 aromatic rings. The topological polar surface area (TPSA) is 78.8 Å². The second kappa shape index (κ2) is 6.93. The summed E-state index contributed by atoms with van der Waals surface area (Å²) in [7, 11) is -4.16. The Morgan fingerprint density at radius 1 is 1.23 bits per heavy atom. The molecule has 0 unspecified atom stereocenters. The summed E-state index contributed by atoms with van der Waals surface area (Å²) in [6.45, 7) is 2.04. The second-order valence-electron chi connectivity index (χ2n) is 4.26. The van der Waals surface area contributed by atoms with Crippen LogP contribution in [0.2, 0.25) is 0 Å². The molecule has 5 nitrogen and oxygen atoms in total. The zero-order chi connectivity index (χ0) is 16.2. The maximum atomic E-state index is 12.4. The lowest BCUT2D eigenvalue weighted by Crippen LogP contribution is -2.21. The minimum atomic E-state index is -4.16. The third-order valence-electron chi connectivity index (χ3n) is 2.71. The van der Waals surface area contributed by atoms with Gasteiger partial charge in [0, 0.05) is 10.4 Å². The molecule has 0 spiro atoms. The van der Waals surface area contributed by atoms with Crippen LogP contribution in [0, 0.1) is 0 Å². The van der Waals surface area contributed by atoms with Gasteiger partial charge in [-0.1, -0.05) is 46.3 Å². The second-order valence-corrected chi connectivity index (χ2v) is 6.75. The van der Waals surface area contributed by atoms with Crippen molar-refractivity contribution in [3.8, 4) is 5.75 Å². The van der Waals surface area contributed by atoms with Crippen LogP contribution in [0.4, 0.5) is 0 Å². The molecule has 22 heavy (non-hydrogen) atoms. The van der Waals surface area contributed by atoms with Crippen molar-refractivity contribution in [2.24, 2.45) is 4.40 Å². The van der Waals surface area contributed by atoms with Gasteiger partial charge in [-0.25, -0.2) is 0 Å². The van der Waals surface area contributed by atoms with Gasteiger partial charge < -0.3 is 9.84 Å². The Hall–Kier alpha value is -1.86. The first-order chi connectivity index (χ1) is 10.4. The number of ether oxygens (including phenoxy) is 1. The van der Waals surface area contributed by atoms with Crippen molar-refractivity contribution in [3.05, 3.63) is 58.6 Å². The molecule has 0 aliphatic carbocycles. The maximum absolute atomic E-state index is 12.4. The molecule has 0 saturated heterocycles. The van der Waals surface area contributed by atoms with Gasteiger partial charge >= 0.3 is 0 Å². The Labute approximate surface area is 137 Å². The summed E-state index contributed by atoms with van der Waals surface area (Å²) >= 11 is 3.20. The molecule has 116 valence electrons. The van der Waals surface area contributed by atoms with E-state index in [-0.39, 0.29) is 16.2 Å². The van der Waals surface area contributed by atoms with Crippen LogP contribution in [0.5, 0.6) is 5.75 Å². The van der Waals surface area contributed by atoms with E-state index < -0.39 is 15.9 Å². The van der Waals surface area contributed by atoms with Crippen LogP contribution in [0.15, 0.2) is 62.3 Å². The Balaban J connectivity index is 2.49. The van der Waals surface area contributed by atoms with E-state index in [2.05, 4.69) is 20.3 Å². The molecule has 0 atom stereocenters. The summed E-state index contributed by atoms with van der Waals surface area (Å²) in [6.07, 6.45) is 0. The van der Waals surface area contributed by atoms with E-state index >= 15 is 0 Å². The van der Waals surface area contributed by atoms with E-state index in [0.717, 1.165) is 0 Å². The molecule has 0 radical (unpaired) electrons. The Morgan fingerprint density at radius 3 is 2.55 bits per heavy atom. The van der Waals surface area contributed by atoms with Crippen molar-refractivity contribution >= 4 is 31.9 Å². The van der Waals surface area contributed by atoms with Crippen LogP contribution < -0.4 is 9.84 Å². The van der Waals surface area contributed by atoms with Crippen LogP contribution in [-0.2, 0) is 10.0 Å². The van der Waals surface area contributed by atoms with Gasteiger partial charge in [-0.05, 0) is 30.7 Å². The minimum absolute atomic E-state index is 0.145. The van der Waals surface area contributed by atoms with Crippen molar-refractivity contribution in [1.82, 2.24) is 0 Å². The van der Waals surface area contributed by atoms with E-state index in [1.165, 1.54) is 24.3 Å². The van der Waals surface area contributed by atoms with Crippen LogP contribution in [0.1, 0.15) is 12.5 Å². The number of sulfonamides is 1. The zero-order valence-electron chi connectivity index (χ0n) is 11.7. The molecular weight excluding hydrogens is 370 g/mol. The SMILES string of the molecule is CCOc1ccc(Br)cc1S(=O)(=O)N=C([O-])c1ccccc1. The standard InChI is InChI=1S/C15H14BrNO4S/c1-2-21-13-9-8-12(16)10-14(13)22(19,20)17-15(18)11-6-4-3-5-7-11/h3-10H,2H2,1H3,(H,17,18)/p-1. The van der Waals surface area contributed by atoms with Gasteiger partial charge in [0.15, 0.2) is 0 Å². The smallest absolute Gasteiger partial charge is 0.285 e. The average Bonchev–Trinajstić information content (AvgIpc) is 2.49. The summed E-state index contributed by atoms with van der Waals surface area (Å²) in [6, 6.07) is 12.6. The van der Waals surface area contributed by atoms with Crippen molar-refractivity contribution in [2.75, 3.05) is 6.61 Å². The number of benzene rings is 2.